The molecule has 0 spiro atoms. The summed E-state index contributed by atoms with van der Waals surface area (Å²) in [6.07, 6.45) is 3.88. The van der Waals surface area contributed by atoms with Crippen molar-refractivity contribution in [1.29, 1.82) is 5.26 Å². The molecule has 0 aliphatic carbocycles. The Balaban J connectivity index is 2.11. The van der Waals surface area contributed by atoms with E-state index >= 15 is 0 Å². The fraction of sp³-hybridized carbons (Fsp3) is 0.375. The predicted octanol–water partition coefficient (Wildman–Crippen LogP) is 3.26. The van der Waals surface area contributed by atoms with E-state index in [0.717, 1.165) is 30.0 Å². The molecule has 1 aromatic carbocycles. The number of imidazole rings is 1. The van der Waals surface area contributed by atoms with E-state index < -0.39 is 0 Å². The Kier molecular flexibility index (Phi) is 3.08. The maximum atomic E-state index is 8.94. The smallest absolute Gasteiger partial charge is 0.140 e. The third-order valence-corrected chi connectivity index (χ3v) is 3.76. The van der Waals surface area contributed by atoms with Crippen LogP contribution in [0.1, 0.15) is 29.8 Å². The average Bonchev–Trinajstić information content (AvgIpc) is 2.80. The van der Waals surface area contributed by atoms with Crippen molar-refractivity contribution in [2.75, 3.05) is 0 Å². The Bertz CT molecular complexity index is 629. The topological polar surface area (TPSA) is 41.6 Å². The van der Waals surface area contributed by atoms with Crippen molar-refractivity contribution < 1.29 is 0 Å². The fourth-order valence-corrected chi connectivity index (χ4v) is 2.76. The van der Waals surface area contributed by atoms with Gasteiger partial charge in [0.05, 0.1) is 18.2 Å². The van der Waals surface area contributed by atoms with Gasteiger partial charge in [-0.25, -0.2) is 4.98 Å². The summed E-state index contributed by atoms with van der Waals surface area (Å²) in [5.41, 5.74) is 4.64. The second kappa shape index (κ2) is 4.89. The SMILES string of the molecule is Cc1ccc(-c2nc(CC#N)c3n2CCCC3)cc1. The van der Waals surface area contributed by atoms with Crippen LogP contribution >= 0.6 is 0 Å². The highest BCUT2D eigenvalue weighted by molar-refractivity contribution is 5.58. The van der Waals surface area contributed by atoms with Crippen LogP contribution in [0, 0.1) is 18.3 Å². The lowest BCUT2D eigenvalue weighted by molar-refractivity contribution is 0.534. The highest BCUT2D eigenvalue weighted by Gasteiger charge is 2.20. The first-order valence-electron chi connectivity index (χ1n) is 6.82. The Labute approximate surface area is 113 Å². The van der Waals surface area contributed by atoms with Gasteiger partial charge in [-0.2, -0.15) is 5.26 Å². The van der Waals surface area contributed by atoms with Crippen LogP contribution in [0.4, 0.5) is 0 Å². The van der Waals surface area contributed by atoms with Crippen molar-refractivity contribution in [1.82, 2.24) is 9.55 Å². The monoisotopic (exact) mass is 251 g/mol. The molecule has 0 amide bonds. The van der Waals surface area contributed by atoms with Gasteiger partial charge in [0.1, 0.15) is 5.82 Å². The van der Waals surface area contributed by atoms with E-state index in [-0.39, 0.29) is 0 Å². The molecule has 3 heteroatoms. The number of aromatic nitrogens is 2. The third kappa shape index (κ3) is 2.15. The van der Waals surface area contributed by atoms with Gasteiger partial charge in [0.2, 0.25) is 0 Å². The van der Waals surface area contributed by atoms with Gasteiger partial charge < -0.3 is 4.57 Å². The summed E-state index contributed by atoms with van der Waals surface area (Å²) in [6, 6.07) is 10.7. The lowest BCUT2D eigenvalue weighted by Gasteiger charge is -2.17. The van der Waals surface area contributed by atoms with Crippen molar-refractivity contribution in [3.63, 3.8) is 0 Å². The van der Waals surface area contributed by atoms with Gasteiger partial charge >= 0.3 is 0 Å². The highest BCUT2D eigenvalue weighted by atomic mass is 15.1. The van der Waals surface area contributed by atoms with E-state index in [1.54, 1.807) is 0 Å². The Morgan fingerprint density at radius 1 is 1.26 bits per heavy atom. The fourth-order valence-electron chi connectivity index (χ4n) is 2.76. The van der Waals surface area contributed by atoms with Crippen molar-refractivity contribution in [2.45, 2.75) is 39.2 Å². The van der Waals surface area contributed by atoms with Gasteiger partial charge in [-0.3, -0.25) is 0 Å². The molecule has 0 saturated carbocycles. The number of fused-ring (bicyclic) bond motifs is 1. The maximum Gasteiger partial charge on any atom is 0.140 e. The molecule has 2 aromatic rings. The van der Waals surface area contributed by atoms with Gasteiger partial charge in [0.25, 0.3) is 0 Å². The van der Waals surface area contributed by atoms with Gasteiger partial charge in [-0.05, 0) is 26.2 Å². The Hall–Kier alpha value is -2.08. The largest absolute Gasteiger partial charge is 0.328 e. The van der Waals surface area contributed by atoms with Crippen molar-refractivity contribution >= 4 is 0 Å². The van der Waals surface area contributed by atoms with Crippen LogP contribution in [0.2, 0.25) is 0 Å². The Morgan fingerprint density at radius 3 is 2.79 bits per heavy atom. The summed E-state index contributed by atoms with van der Waals surface area (Å²) in [7, 11) is 0. The first-order valence-corrected chi connectivity index (χ1v) is 6.82. The van der Waals surface area contributed by atoms with E-state index in [1.165, 1.54) is 24.1 Å². The molecule has 0 atom stereocenters. The highest BCUT2D eigenvalue weighted by Crippen LogP contribution is 2.27. The average molecular weight is 251 g/mol. The summed E-state index contributed by atoms with van der Waals surface area (Å²) < 4.78 is 2.31. The zero-order chi connectivity index (χ0) is 13.2. The van der Waals surface area contributed by atoms with Crippen molar-refractivity contribution in [2.24, 2.45) is 0 Å². The minimum absolute atomic E-state index is 0.418. The van der Waals surface area contributed by atoms with Crippen LogP contribution in [0.15, 0.2) is 24.3 Å². The molecule has 0 saturated heterocycles. The number of benzene rings is 1. The third-order valence-electron chi connectivity index (χ3n) is 3.76. The molecule has 0 N–H and O–H groups in total. The molecule has 0 unspecified atom stereocenters. The molecule has 0 fully saturated rings. The lowest BCUT2D eigenvalue weighted by atomic mass is 10.1. The molecule has 96 valence electrons. The zero-order valence-electron chi connectivity index (χ0n) is 11.2. The molecular weight excluding hydrogens is 234 g/mol. The molecule has 3 rings (SSSR count). The minimum Gasteiger partial charge on any atom is -0.328 e. The van der Waals surface area contributed by atoms with Crippen LogP contribution in [0.25, 0.3) is 11.4 Å². The maximum absolute atomic E-state index is 8.94. The van der Waals surface area contributed by atoms with Crippen molar-refractivity contribution in [3.8, 4) is 17.5 Å². The van der Waals surface area contributed by atoms with Gasteiger partial charge in [-0.15, -0.1) is 0 Å². The second-order valence-electron chi connectivity index (χ2n) is 5.14. The quantitative estimate of drug-likeness (QED) is 0.822. The van der Waals surface area contributed by atoms with E-state index in [4.69, 9.17) is 10.2 Å². The van der Waals surface area contributed by atoms with E-state index in [9.17, 15) is 0 Å². The predicted molar refractivity (Wildman–Crippen MR) is 74.7 cm³/mol. The molecule has 1 aliphatic rings. The number of nitrogens with zero attached hydrogens (tertiary/aromatic N) is 3. The molecule has 1 aliphatic heterocycles. The van der Waals surface area contributed by atoms with Crippen LogP contribution in [0.3, 0.4) is 0 Å². The summed E-state index contributed by atoms with van der Waals surface area (Å²) in [5, 5.41) is 8.94. The first kappa shape index (κ1) is 12.0. The molecule has 0 radical (unpaired) electrons. The van der Waals surface area contributed by atoms with Gasteiger partial charge in [-0.1, -0.05) is 29.8 Å². The van der Waals surface area contributed by atoms with E-state index in [0.29, 0.717) is 6.42 Å². The van der Waals surface area contributed by atoms with Crippen LogP contribution in [-0.2, 0) is 19.4 Å². The lowest BCUT2D eigenvalue weighted by Crippen LogP contribution is -2.11. The standard InChI is InChI=1S/C16H17N3/c1-12-5-7-13(8-6-12)16-18-14(9-10-17)15-4-2-3-11-19(15)16/h5-8H,2-4,9,11H2,1H3. The molecule has 1 aromatic heterocycles. The van der Waals surface area contributed by atoms with Crippen LogP contribution < -0.4 is 0 Å². The number of hydrogen-bond acceptors (Lipinski definition) is 2. The molecule has 19 heavy (non-hydrogen) atoms. The van der Waals surface area contributed by atoms with Crippen LogP contribution in [-0.4, -0.2) is 9.55 Å². The number of rotatable bonds is 2. The summed E-state index contributed by atoms with van der Waals surface area (Å²) in [6.45, 7) is 3.11. The summed E-state index contributed by atoms with van der Waals surface area (Å²) >= 11 is 0. The molecule has 2 heterocycles. The normalized spacial score (nSPS) is 13.9. The number of aryl methyl sites for hydroxylation is 1. The summed E-state index contributed by atoms with van der Waals surface area (Å²) in [4.78, 5) is 4.72. The zero-order valence-corrected chi connectivity index (χ0v) is 11.2. The molecular formula is C16H17N3. The number of nitriles is 1. The summed E-state index contributed by atoms with van der Waals surface area (Å²) in [5.74, 6) is 1.03. The van der Waals surface area contributed by atoms with Crippen molar-refractivity contribution in [3.05, 3.63) is 41.2 Å². The van der Waals surface area contributed by atoms with E-state index in [2.05, 4.69) is 41.8 Å². The number of hydrogen-bond donors (Lipinski definition) is 0. The molecule has 3 nitrogen and oxygen atoms in total. The Morgan fingerprint density at radius 2 is 2.05 bits per heavy atom. The second-order valence-corrected chi connectivity index (χ2v) is 5.14. The minimum atomic E-state index is 0.418. The van der Waals surface area contributed by atoms with Crippen LogP contribution in [0.5, 0.6) is 0 Å². The van der Waals surface area contributed by atoms with Gasteiger partial charge in [0.15, 0.2) is 0 Å². The van der Waals surface area contributed by atoms with E-state index in [1.807, 2.05) is 0 Å². The first-order chi connectivity index (χ1) is 9.29. The molecule has 0 bridgehead atoms. The van der Waals surface area contributed by atoms with Gasteiger partial charge in [0, 0.05) is 17.8 Å².